The van der Waals surface area contributed by atoms with Crippen LogP contribution in [0.4, 0.5) is 19.7 Å². The van der Waals surface area contributed by atoms with Crippen molar-refractivity contribution in [1.29, 1.82) is 0 Å². The van der Waals surface area contributed by atoms with Gasteiger partial charge in [0.2, 0.25) is 5.91 Å². The molecular weight excluding hydrogens is 539 g/mol. The van der Waals surface area contributed by atoms with Gasteiger partial charge in [0.05, 0.1) is 12.0 Å². The lowest BCUT2D eigenvalue weighted by Crippen LogP contribution is -2.59. The molecule has 4 rings (SSSR count). The fourth-order valence-electron chi connectivity index (χ4n) is 5.66. The SMILES string of the molecule is CC(=O)c1cccc(NC(=O)N[C@H]2CN(C(=O)OC(C)(C)C)CC[C@H]2C(=O)N2CCCC(Cc3ccc(F)cc3)C2)c1. The summed E-state index contributed by atoms with van der Waals surface area (Å²) in [5, 5.41) is 5.68. The first-order chi connectivity index (χ1) is 19.9. The van der Waals surface area contributed by atoms with Crippen LogP contribution in [0.2, 0.25) is 0 Å². The summed E-state index contributed by atoms with van der Waals surface area (Å²) in [5.41, 5.74) is 1.27. The molecule has 2 N–H and O–H groups in total. The lowest BCUT2D eigenvalue weighted by Gasteiger charge is -2.42. The molecule has 3 atom stereocenters. The summed E-state index contributed by atoms with van der Waals surface area (Å²) >= 11 is 0. The van der Waals surface area contributed by atoms with E-state index in [1.165, 1.54) is 24.0 Å². The van der Waals surface area contributed by atoms with Crippen molar-refractivity contribution in [3.05, 3.63) is 65.5 Å². The second-order valence-electron chi connectivity index (χ2n) is 12.3. The van der Waals surface area contributed by atoms with Crippen molar-refractivity contribution in [3.8, 4) is 0 Å². The Morgan fingerprint density at radius 3 is 2.40 bits per heavy atom. The van der Waals surface area contributed by atoms with Crippen LogP contribution in [0.5, 0.6) is 0 Å². The van der Waals surface area contributed by atoms with Gasteiger partial charge in [-0.05, 0) is 89.1 Å². The second-order valence-corrected chi connectivity index (χ2v) is 12.3. The number of hydrogen-bond acceptors (Lipinski definition) is 5. The molecule has 2 heterocycles. The predicted molar refractivity (Wildman–Crippen MR) is 158 cm³/mol. The largest absolute Gasteiger partial charge is 0.444 e. The lowest BCUT2D eigenvalue weighted by molar-refractivity contribution is -0.139. The van der Waals surface area contributed by atoms with Crippen molar-refractivity contribution >= 4 is 29.5 Å². The number of ether oxygens (including phenoxy) is 1. The maximum Gasteiger partial charge on any atom is 0.410 e. The molecule has 0 saturated carbocycles. The molecule has 0 aromatic heterocycles. The number of rotatable bonds is 6. The Hall–Kier alpha value is -3.95. The number of carbonyl (C=O) groups excluding carboxylic acids is 4. The summed E-state index contributed by atoms with van der Waals surface area (Å²) in [5.74, 6) is -0.720. The Labute approximate surface area is 246 Å². The normalized spacial score (nSPS) is 20.9. The highest BCUT2D eigenvalue weighted by Gasteiger charge is 2.40. The van der Waals surface area contributed by atoms with Crippen LogP contribution in [0.1, 0.15) is 62.9 Å². The zero-order valence-electron chi connectivity index (χ0n) is 24.8. The summed E-state index contributed by atoms with van der Waals surface area (Å²) in [6.45, 7) is 8.49. The summed E-state index contributed by atoms with van der Waals surface area (Å²) in [4.78, 5) is 55.1. The minimum absolute atomic E-state index is 0.0495. The van der Waals surface area contributed by atoms with Crippen LogP contribution in [-0.4, -0.2) is 71.4 Å². The predicted octanol–water partition coefficient (Wildman–Crippen LogP) is 5.26. The van der Waals surface area contributed by atoms with Crippen molar-refractivity contribution in [3.63, 3.8) is 0 Å². The zero-order chi connectivity index (χ0) is 30.4. The molecule has 9 nitrogen and oxygen atoms in total. The van der Waals surface area contributed by atoms with Crippen molar-refractivity contribution in [2.75, 3.05) is 31.5 Å². The highest BCUT2D eigenvalue weighted by molar-refractivity contribution is 5.97. The van der Waals surface area contributed by atoms with E-state index in [1.54, 1.807) is 57.2 Å². The van der Waals surface area contributed by atoms with Crippen LogP contribution in [0, 0.1) is 17.7 Å². The molecule has 226 valence electrons. The zero-order valence-corrected chi connectivity index (χ0v) is 24.8. The molecule has 2 aromatic rings. The first-order valence-electron chi connectivity index (χ1n) is 14.6. The van der Waals surface area contributed by atoms with Crippen LogP contribution in [0.3, 0.4) is 0 Å². The monoisotopic (exact) mass is 580 g/mol. The number of Topliss-reactive ketones (excluding diaryl/α,β-unsaturated/α-hetero) is 1. The van der Waals surface area contributed by atoms with Crippen molar-refractivity contribution < 1.29 is 28.3 Å². The number of ketones is 1. The van der Waals surface area contributed by atoms with E-state index in [4.69, 9.17) is 4.74 Å². The Morgan fingerprint density at radius 2 is 1.71 bits per heavy atom. The molecule has 2 aliphatic heterocycles. The summed E-state index contributed by atoms with van der Waals surface area (Å²) in [6.07, 6.45) is 2.47. The molecule has 1 unspecified atom stereocenters. The highest BCUT2D eigenvalue weighted by atomic mass is 19.1. The quantitative estimate of drug-likeness (QED) is 0.454. The summed E-state index contributed by atoms with van der Waals surface area (Å²) in [7, 11) is 0. The Kier molecular flexibility index (Phi) is 9.85. The van der Waals surface area contributed by atoms with Gasteiger partial charge >= 0.3 is 12.1 Å². The number of urea groups is 1. The molecule has 42 heavy (non-hydrogen) atoms. The molecular formula is C32H41FN4O5. The third-order valence-electron chi connectivity index (χ3n) is 7.69. The van der Waals surface area contributed by atoms with Crippen molar-refractivity contribution in [2.45, 2.75) is 65.0 Å². The molecule has 0 bridgehead atoms. The highest BCUT2D eigenvalue weighted by Crippen LogP contribution is 2.27. The standard InChI is InChI=1S/C32H41FN4O5/c1-21(38)24-8-5-9-26(18-24)34-30(40)35-28-20-37(31(41)42-32(2,3)4)16-14-27(28)29(39)36-15-6-7-23(19-36)17-22-10-12-25(33)13-11-22/h5,8-13,18,23,27-28H,6-7,14-17,19-20H2,1-4H3,(H2,34,35,40)/t23?,27-,28+/m1/s1. The number of carbonyl (C=O) groups is 4. The Balaban J connectivity index is 1.46. The van der Waals surface area contributed by atoms with E-state index in [9.17, 15) is 23.6 Å². The van der Waals surface area contributed by atoms with E-state index in [1.807, 2.05) is 4.90 Å². The number of halogens is 1. The van der Waals surface area contributed by atoms with Gasteiger partial charge in [-0.2, -0.15) is 0 Å². The topological polar surface area (TPSA) is 108 Å². The molecule has 10 heteroatoms. The number of anilines is 1. The molecule has 4 amide bonds. The number of nitrogens with zero attached hydrogens (tertiary/aromatic N) is 2. The molecule has 2 aliphatic rings. The molecule has 0 aliphatic carbocycles. The smallest absolute Gasteiger partial charge is 0.410 e. The van der Waals surface area contributed by atoms with E-state index >= 15 is 0 Å². The Morgan fingerprint density at radius 1 is 0.976 bits per heavy atom. The van der Waals surface area contributed by atoms with Gasteiger partial charge in [0.25, 0.3) is 0 Å². The summed E-state index contributed by atoms with van der Waals surface area (Å²) < 4.78 is 18.9. The number of hydrogen-bond donors (Lipinski definition) is 2. The van der Waals surface area contributed by atoms with Gasteiger partial charge in [-0.1, -0.05) is 24.3 Å². The minimum atomic E-state index is -0.681. The van der Waals surface area contributed by atoms with Crippen molar-refractivity contribution in [1.82, 2.24) is 15.1 Å². The first kappa shape index (κ1) is 31.0. The van der Waals surface area contributed by atoms with E-state index in [0.29, 0.717) is 37.3 Å². The maximum absolute atomic E-state index is 13.9. The Bertz CT molecular complexity index is 1290. The third-order valence-corrected chi connectivity index (χ3v) is 7.69. The van der Waals surface area contributed by atoms with Gasteiger partial charge in [0.15, 0.2) is 5.78 Å². The molecule has 2 fully saturated rings. The van der Waals surface area contributed by atoms with Crippen LogP contribution < -0.4 is 10.6 Å². The van der Waals surface area contributed by atoms with E-state index in [0.717, 1.165) is 24.8 Å². The van der Waals surface area contributed by atoms with Gasteiger partial charge < -0.3 is 25.2 Å². The van der Waals surface area contributed by atoms with Crippen LogP contribution in [0.25, 0.3) is 0 Å². The lowest BCUT2D eigenvalue weighted by atomic mass is 9.87. The number of amides is 4. The van der Waals surface area contributed by atoms with Gasteiger partial charge in [-0.15, -0.1) is 0 Å². The second kappa shape index (κ2) is 13.4. The van der Waals surface area contributed by atoms with Crippen LogP contribution >= 0.6 is 0 Å². The third kappa shape index (κ3) is 8.53. The number of piperidine rings is 2. The maximum atomic E-state index is 13.9. The fraction of sp³-hybridized carbons (Fsp3) is 0.500. The van der Waals surface area contributed by atoms with Crippen molar-refractivity contribution in [2.24, 2.45) is 11.8 Å². The fourth-order valence-corrected chi connectivity index (χ4v) is 5.66. The molecule has 0 spiro atoms. The molecule has 2 saturated heterocycles. The van der Waals surface area contributed by atoms with E-state index in [2.05, 4.69) is 10.6 Å². The first-order valence-corrected chi connectivity index (χ1v) is 14.6. The van der Waals surface area contributed by atoms with Gasteiger partial charge in [0, 0.05) is 37.4 Å². The average molecular weight is 581 g/mol. The van der Waals surface area contributed by atoms with Crippen LogP contribution in [0.15, 0.2) is 48.5 Å². The number of nitrogens with one attached hydrogen (secondary N) is 2. The molecule has 2 aromatic carbocycles. The van der Waals surface area contributed by atoms with Gasteiger partial charge in [-0.3, -0.25) is 9.59 Å². The average Bonchev–Trinajstić information content (AvgIpc) is 2.93. The molecule has 0 radical (unpaired) electrons. The van der Waals surface area contributed by atoms with E-state index in [-0.39, 0.29) is 30.0 Å². The number of likely N-dealkylation sites (tertiary alicyclic amines) is 2. The van der Waals surface area contributed by atoms with Gasteiger partial charge in [0.1, 0.15) is 11.4 Å². The minimum Gasteiger partial charge on any atom is -0.444 e. The number of benzene rings is 2. The van der Waals surface area contributed by atoms with Gasteiger partial charge in [-0.25, -0.2) is 14.0 Å². The van der Waals surface area contributed by atoms with E-state index < -0.39 is 29.7 Å². The van der Waals surface area contributed by atoms with Crippen LogP contribution in [-0.2, 0) is 16.0 Å². The summed E-state index contributed by atoms with van der Waals surface area (Å²) in [6, 6.07) is 11.9.